The summed E-state index contributed by atoms with van der Waals surface area (Å²) in [6, 6.07) is 12.9. The fourth-order valence-electron chi connectivity index (χ4n) is 1.90. The van der Waals surface area contributed by atoms with Gasteiger partial charge in [0.15, 0.2) is 5.13 Å². The molecule has 100 valence electrons. The van der Waals surface area contributed by atoms with Gasteiger partial charge in [-0.2, -0.15) is 0 Å². The highest BCUT2D eigenvalue weighted by Crippen LogP contribution is 2.28. The number of aromatic nitrogens is 1. The van der Waals surface area contributed by atoms with Crippen molar-refractivity contribution < 1.29 is 4.79 Å². The molecule has 0 radical (unpaired) electrons. The van der Waals surface area contributed by atoms with E-state index >= 15 is 0 Å². The lowest BCUT2D eigenvalue weighted by Gasteiger charge is -2.06. The molecule has 0 aliphatic rings. The van der Waals surface area contributed by atoms with Crippen LogP contribution in [0.1, 0.15) is 10.4 Å². The average molecular weight is 284 g/mol. The van der Waals surface area contributed by atoms with Gasteiger partial charge in [-0.3, -0.25) is 4.79 Å². The van der Waals surface area contributed by atoms with Gasteiger partial charge in [-0.1, -0.05) is 23.5 Å². The van der Waals surface area contributed by atoms with E-state index in [1.807, 2.05) is 24.3 Å². The SMILES string of the molecule is NC(=O)c1cc(Nc2nc3ccccc3s2)ccc1N. The molecule has 5 N–H and O–H groups in total. The van der Waals surface area contributed by atoms with Gasteiger partial charge in [0.05, 0.1) is 15.8 Å². The summed E-state index contributed by atoms with van der Waals surface area (Å²) in [4.78, 5) is 15.7. The van der Waals surface area contributed by atoms with Crippen LogP contribution in [-0.2, 0) is 0 Å². The standard InChI is InChI=1S/C14H12N4OS/c15-10-6-5-8(7-9(10)13(16)19)17-14-18-11-3-1-2-4-12(11)20-14/h1-7H,15H2,(H2,16,19)(H,17,18). The fourth-order valence-corrected chi connectivity index (χ4v) is 2.78. The van der Waals surface area contributed by atoms with Crippen molar-refractivity contribution in [3.8, 4) is 0 Å². The first-order chi connectivity index (χ1) is 9.63. The van der Waals surface area contributed by atoms with E-state index in [0.29, 0.717) is 11.3 Å². The van der Waals surface area contributed by atoms with Crippen LogP contribution in [0.5, 0.6) is 0 Å². The molecule has 0 saturated carbocycles. The Balaban J connectivity index is 1.94. The highest BCUT2D eigenvalue weighted by atomic mass is 32.1. The molecule has 3 aromatic rings. The molecule has 0 atom stereocenters. The number of hydrogen-bond donors (Lipinski definition) is 3. The van der Waals surface area contributed by atoms with Crippen LogP contribution in [-0.4, -0.2) is 10.9 Å². The van der Waals surface area contributed by atoms with E-state index < -0.39 is 5.91 Å². The Morgan fingerprint density at radius 1 is 1.20 bits per heavy atom. The van der Waals surface area contributed by atoms with Gasteiger partial charge in [0.2, 0.25) is 0 Å². The molecule has 1 amide bonds. The van der Waals surface area contributed by atoms with Gasteiger partial charge in [-0.05, 0) is 30.3 Å². The number of thiazole rings is 1. The number of primary amides is 1. The Labute approximate surface area is 119 Å². The van der Waals surface area contributed by atoms with Gasteiger partial charge in [0.1, 0.15) is 0 Å². The third kappa shape index (κ3) is 2.28. The number of carbonyl (C=O) groups is 1. The van der Waals surface area contributed by atoms with Crippen LogP contribution in [0.3, 0.4) is 0 Å². The van der Waals surface area contributed by atoms with Crippen LogP contribution in [0.4, 0.5) is 16.5 Å². The number of nitrogen functional groups attached to an aromatic ring is 1. The molecule has 0 bridgehead atoms. The lowest BCUT2D eigenvalue weighted by atomic mass is 10.1. The van der Waals surface area contributed by atoms with E-state index in [-0.39, 0.29) is 0 Å². The first-order valence-electron chi connectivity index (χ1n) is 5.95. The maximum absolute atomic E-state index is 11.3. The summed E-state index contributed by atoms with van der Waals surface area (Å²) in [5, 5.41) is 3.92. The smallest absolute Gasteiger partial charge is 0.250 e. The Bertz CT molecular complexity index is 764. The maximum atomic E-state index is 11.3. The molecular weight excluding hydrogens is 272 g/mol. The molecular formula is C14H12N4OS. The van der Waals surface area contributed by atoms with E-state index in [1.54, 1.807) is 29.5 Å². The highest BCUT2D eigenvalue weighted by Gasteiger charge is 2.08. The fraction of sp³-hybridized carbons (Fsp3) is 0. The first kappa shape index (κ1) is 12.4. The second-order valence-electron chi connectivity index (χ2n) is 4.28. The van der Waals surface area contributed by atoms with Crippen molar-refractivity contribution in [1.82, 2.24) is 4.98 Å². The van der Waals surface area contributed by atoms with Crippen molar-refractivity contribution >= 4 is 44.0 Å². The number of para-hydroxylation sites is 1. The molecule has 20 heavy (non-hydrogen) atoms. The van der Waals surface area contributed by atoms with Gasteiger partial charge in [0.25, 0.3) is 5.91 Å². The lowest BCUT2D eigenvalue weighted by molar-refractivity contribution is 0.100. The van der Waals surface area contributed by atoms with Crippen LogP contribution in [0.25, 0.3) is 10.2 Å². The van der Waals surface area contributed by atoms with Crippen LogP contribution < -0.4 is 16.8 Å². The summed E-state index contributed by atoms with van der Waals surface area (Å²) < 4.78 is 1.10. The second kappa shape index (κ2) is 4.82. The molecule has 5 nitrogen and oxygen atoms in total. The minimum absolute atomic E-state index is 0.302. The van der Waals surface area contributed by atoms with Crippen molar-refractivity contribution in [3.05, 3.63) is 48.0 Å². The number of nitrogens with one attached hydrogen (secondary N) is 1. The number of nitrogens with zero attached hydrogens (tertiary/aromatic N) is 1. The van der Waals surface area contributed by atoms with Crippen LogP contribution in [0.2, 0.25) is 0 Å². The summed E-state index contributed by atoms with van der Waals surface area (Å²) in [6.07, 6.45) is 0. The molecule has 6 heteroatoms. The van der Waals surface area contributed by atoms with E-state index in [2.05, 4.69) is 10.3 Å². The molecule has 0 fully saturated rings. The maximum Gasteiger partial charge on any atom is 0.250 e. The van der Waals surface area contributed by atoms with E-state index in [4.69, 9.17) is 11.5 Å². The number of fused-ring (bicyclic) bond motifs is 1. The number of nitrogens with two attached hydrogens (primary N) is 2. The molecule has 0 spiro atoms. The minimum atomic E-state index is -0.546. The van der Waals surface area contributed by atoms with E-state index in [9.17, 15) is 4.79 Å². The number of hydrogen-bond acceptors (Lipinski definition) is 5. The molecule has 3 rings (SSSR count). The van der Waals surface area contributed by atoms with E-state index in [1.165, 1.54) is 0 Å². The molecule has 0 saturated heterocycles. The Hall–Kier alpha value is -2.60. The molecule has 1 heterocycles. The summed E-state index contributed by atoms with van der Waals surface area (Å²) in [7, 11) is 0. The van der Waals surface area contributed by atoms with Crippen molar-refractivity contribution in [2.75, 3.05) is 11.1 Å². The number of rotatable bonds is 3. The first-order valence-corrected chi connectivity index (χ1v) is 6.77. The van der Waals surface area contributed by atoms with E-state index in [0.717, 1.165) is 21.0 Å². The van der Waals surface area contributed by atoms with Gasteiger partial charge < -0.3 is 16.8 Å². The topological polar surface area (TPSA) is 94.0 Å². The third-order valence-corrected chi connectivity index (χ3v) is 3.82. The van der Waals surface area contributed by atoms with Gasteiger partial charge in [-0.15, -0.1) is 0 Å². The predicted molar refractivity (Wildman–Crippen MR) is 82.3 cm³/mol. The third-order valence-electron chi connectivity index (χ3n) is 2.86. The van der Waals surface area contributed by atoms with Crippen molar-refractivity contribution in [3.63, 3.8) is 0 Å². The van der Waals surface area contributed by atoms with Gasteiger partial charge in [-0.25, -0.2) is 4.98 Å². The second-order valence-corrected chi connectivity index (χ2v) is 5.31. The number of amides is 1. The van der Waals surface area contributed by atoms with Crippen LogP contribution in [0, 0.1) is 0 Å². The molecule has 1 aromatic heterocycles. The molecule has 0 unspecified atom stereocenters. The zero-order valence-corrected chi connectivity index (χ0v) is 11.3. The summed E-state index contributed by atoms with van der Waals surface area (Å²) in [6.45, 7) is 0. The lowest BCUT2D eigenvalue weighted by Crippen LogP contribution is -2.13. The summed E-state index contributed by atoms with van der Waals surface area (Å²) in [5.74, 6) is -0.546. The Kier molecular flexibility index (Phi) is 3.00. The largest absolute Gasteiger partial charge is 0.398 e. The zero-order valence-electron chi connectivity index (χ0n) is 10.5. The van der Waals surface area contributed by atoms with Crippen LogP contribution in [0.15, 0.2) is 42.5 Å². The molecule has 0 aliphatic heterocycles. The van der Waals surface area contributed by atoms with Crippen molar-refractivity contribution in [2.45, 2.75) is 0 Å². The normalized spacial score (nSPS) is 10.6. The average Bonchev–Trinajstić information content (AvgIpc) is 2.82. The Morgan fingerprint density at radius 2 is 2.00 bits per heavy atom. The quantitative estimate of drug-likeness (QED) is 0.644. The monoisotopic (exact) mass is 284 g/mol. The molecule has 2 aromatic carbocycles. The minimum Gasteiger partial charge on any atom is -0.398 e. The number of benzene rings is 2. The van der Waals surface area contributed by atoms with Crippen molar-refractivity contribution in [2.24, 2.45) is 5.73 Å². The molecule has 0 aliphatic carbocycles. The van der Waals surface area contributed by atoms with Gasteiger partial charge in [0, 0.05) is 11.4 Å². The predicted octanol–water partition coefficient (Wildman–Crippen LogP) is 2.72. The highest BCUT2D eigenvalue weighted by molar-refractivity contribution is 7.22. The number of carbonyl (C=O) groups excluding carboxylic acids is 1. The zero-order chi connectivity index (χ0) is 14.1. The Morgan fingerprint density at radius 3 is 2.75 bits per heavy atom. The summed E-state index contributed by atoms with van der Waals surface area (Å²) in [5.41, 5.74) is 13.3. The van der Waals surface area contributed by atoms with Gasteiger partial charge >= 0.3 is 0 Å². The van der Waals surface area contributed by atoms with Crippen molar-refractivity contribution in [1.29, 1.82) is 0 Å². The van der Waals surface area contributed by atoms with Crippen LogP contribution >= 0.6 is 11.3 Å². The number of anilines is 3. The summed E-state index contributed by atoms with van der Waals surface area (Å²) >= 11 is 1.54.